The molecule has 8 nitrogen and oxygen atoms in total. The van der Waals surface area contributed by atoms with Crippen LogP contribution in [0.4, 0.5) is 5.13 Å². The third-order valence-electron chi connectivity index (χ3n) is 4.59. The predicted molar refractivity (Wildman–Crippen MR) is 139 cm³/mol. The second kappa shape index (κ2) is 12.9. The number of halogens is 1. The lowest BCUT2D eigenvalue weighted by Crippen LogP contribution is -2.13. The number of ether oxygens (including phenoxy) is 3. The minimum atomic E-state index is -0.561. The molecule has 0 fully saturated rings. The average molecular weight is 557 g/mol. The normalized spacial score (nSPS) is 11.0. The van der Waals surface area contributed by atoms with Gasteiger partial charge in [-0.3, -0.25) is 10.1 Å². The van der Waals surface area contributed by atoms with Crippen LogP contribution in [0, 0.1) is 18.3 Å². The van der Waals surface area contributed by atoms with Gasteiger partial charge in [0.2, 0.25) is 5.13 Å². The van der Waals surface area contributed by atoms with Crippen molar-refractivity contribution in [3.8, 4) is 23.3 Å². The van der Waals surface area contributed by atoms with Crippen LogP contribution in [0.5, 0.6) is 17.2 Å². The fraction of sp³-hybridized carbons (Fsp3) is 0.280. The van der Waals surface area contributed by atoms with E-state index in [0.717, 1.165) is 22.7 Å². The number of nitriles is 1. The molecule has 0 atom stereocenters. The van der Waals surface area contributed by atoms with Crippen molar-refractivity contribution in [2.75, 3.05) is 25.1 Å². The highest BCUT2D eigenvalue weighted by molar-refractivity contribution is 9.10. The first kappa shape index (κ1) is 26.2. The molecule has 0 aliphatic heterocycles. The van der Waals surface area contributed by atoms with Gasteiger partial charge in [0.05, 0.1) is 11.1 Å². The number of hydrogen-bond acceptors (Lipinski definition) is 8. The summed E-state index contributed by atoms with van der Waals surface area (Å²) in [5, 5.41) is 21.2. The number of nitrogens with zero attached hydrogens (tertiary/aromatic N) is 3. The smallest absolute Gasteiger partial charge is 0.268 e. The quantitative estimate of drug-likeness (QED) is 0.187. The number of nitrogens with one attached hydrogen (secondary N) is 1. The summed E-state index contributed by atoms with van der Waals surface area (Å²) in [5.41, 5.74) is 1.64. The Hall–Kier alpha value is -3.42. The molecular weight excluding hydrogens is 532 g/mol. The number of aryl methyl sites for hydroxylation is 2. The molecule has 3 rings (SSSR count). The van der Waals surface area contributed by atoms with E-state index in [4.69, 9.17) is 14.2 Å². The van der Waals surface area contributed by atoms with Crippen LogP contribution in [0.15, 0.2) is 46.4 Å². The topological polar surface area (TPSA) is 106 Å². The van der Waals surface area contributed by atoms with Crippen molar-refractivity contribution in [2.45, 2.75) is 27.2 Å². The SMILES string of the molecule is CCOc1cc(C=C(C#N)C(=O)Nc2nnc(CC)s2)cc(Br)c1OCCOc1cccc(C)c1. The lowest BCUT2D eigenvalue weighted by molar-refractivity contribution is -0.112. The molecular formula is C25H25BrN4O4S. The van der Waals surface area contributed by atoms with Gasteiger partial charge in [-0.05, 0) is 77.7 Å². The molecule has 2 aromatic carbocycles. The summed E-state index contributed by atoms with van der Waals surface area (Å²) >= 11 is 4.79. The zero-order chi connectivity index (χ0) is 25.2. The first-order valence-corrected chi connectivity index (χ1v) is 12.6. The van der Waals surface area contributed by atoms with Gasteiger partial charge in [-0.2, -0.15) is 5.26 Å². The molecule has 10 heteroatoms. The van der Waals surface area contributed by atoms with Gasteiger partial charge in [0.25, 0.3) is 5.91 Å². The lowest BCUT2D eigenvalue weighted by atomic mass is 10.1. The number of anilines is 1. The number of rotatable bonds is 11. The summed E-state index contributed by atoms with van der Waals surface area (Å²) in [6, 6.07) is 13.2. The maximum absolute atomic E-state index is 12.6. The van der Waals surface area contributed by atoms with Crippen molar-refractivity contribution in [2.24, 2.45) is 0 Å². The van der Waals surface area contributed by atoms with Crippen molar-refractivity contribution in [1.29, 1.82) is 5.26 Å². The number of benzene rings is 2. The molecule has 0 radical (unpaired) electrons. The Balaban J connectivity index is 1.72. The fourth-order valence-corrected chi connectivity index (χ4v) is 4.26. The predicted octanol–water partition coefficient (Wildman–Crippen LogP) is 5.57. The number of amides is 1. The molecule has 0 aliphatic rings. The molecule has 0 aliphatic carbocycles. The zero-order valence-electron chi connectivity index (χ0n) is 19.6. The highest BCUT2D eigenvalue weighted by atomic mass is 79.9. The van der Waals surface area contributed by atoms with Crippen LogP contribution in [-0.2, 0) is 11.2 Å². The minimum absolute atomic E-state index is 0.0761. The van der Waals surface area contributed by atoms with Crippen molar-refractivity contribution in [1.82, 2.24) is 10.2 Å². The highest BCUT2D eigenvalue weighted by Crippen LogP contribution is 2.37. The van der Waals surface area contributed by atoms with Crippen LogP contribution in [0.1, 0.15) is 30.0 Å². The first-order chi connectivity index (χ1) is 16.9. The van der Waals surface area contributed by atoms with Gasteiger partial charge in [0, 0.05) is 0 Å². The van der Waals surface area contributed by atoms with Gasteiger partial charge in [-0.1, -0.05) is 30.4 Å². The third kappa shape index (κ3) is 7.53. The Kier molecular flexibility index (Phi) is 9.64. The van der Waals surface area contributed by atoms with E-state index in [1.807, 2.05) is 51.1 Å². The second-order valence-corrected chi connectivity index (χ2v) is 9.17. The van der Waals surface area contributed by atoms with Crippen molar-refractivity contribution >= 4 is 44.4 Å². The van der Waals surface area contributed by atoms with Crippen LogP contribution in [-0.4, -0.2) is 35.9 Å². The number of aromatic nitrogens is 2. The molecule has 0 spiro atoms. The zero-order valence-corrected chi connectivity index (χ0v) is 22.0. The van der Waals surface area contributed by atoms with Crippen molar-refractivity contribution < 1.29 is 19.0 Å². The van der Waals surface area contributed by atoms with Gasteiger partial charge in [-0.15, -0.1) is 10.2 Å². The second-order valence-electron chi connectivity index (χ2n) is 7.25. The standard InChI is InChI=1S/C25H25BrN4O4S/c1-4-22-29-30-25(35-22)28-24(31)18(15-27)12-17-13-20(26)23(21(14-17)32-5-2)34-10-9-33-19-8-6-7-16(3)11-19/h6-8,11-14H,4-5,9-10H2,1-3H3,(H,28,30,31). The van der Waals surface area contributed by atoms with Gasteiger partial charge in [-0.25, -0.2) is 0 Å². The van der Waals surface area contributed by atoms with E-state index in [1.165, 1.54) is 17.4 Å². The van der Waals surface area contributed by atoms with Gasteiger partial charge in [0.1, 0.15) is 35.6 Å². The summed E-state index contributed by atoms with van der Waals surface area (Å²) < 4.78 is 18.0. The van der Waals surface area contributed by atoms with Crippen LogP contribution in [0.2, 0.25) is 0 Å². The maximum atomic E-state index is 12.6. The number of carbonyl (C=O) groups excluding carboxylic acids is 1. The lowest BCUT2D eigenvalue weighted by Gasteiger charge is -2.15. The van der Waals surface area contributed by atoms with E-state index in [9.17, 15) is 10.1 Å². The summed E-state index contributed by atoms with van der Waals surface area (Å²) in [6.45, 7) is 6.89. The van der Waals surface area contributed by atoms with Crippen LogP contribution < -0.4 is 19.5 Å². The Morgan fingerprint density at radius 3 is 2.66 bits per heavy atom. The van der Waals surface area contributed by atoms with Crippen molar-refractivity contribution in [3.63, 3.8) is 0 Å². The Labute approximate surface area is 216 Å². The molecule has 35 heavy (non-hydrogen) atoms. The van der Waals surface area contributed by atoms with E-state index in [0.29, 0.717) is 46.5 Å². The average Bonchev–Trinajstić information content (AvgIpc) is 3.29. The molecule has 1 amide bonds. The fourth-order valence-electron chi connectivity index (χ4n) is 3.01. The monoisotopic (exact) mass is 556 g/mol. The molecule has 182 valence electrons. The first-order valence-electron chi connectivity index (χ1n) is 11.0. The summed E-state index contributed by atoms with van der Waals surface area (Å²) in [7, 11) is 0. The minimum Gasteiger partial charge on any atom is -0.490 e. The number of carbonyl (C=O) groups is 1. The van der Waals surface area contributed by atoms with Gasteiger partial charge in [0.15, 0.2) is 11.5 Å². The van der Waals surface area contributed by atoms with Crippen LogP contribution in [0.3, 0.4) is 0 Å². The summed E-state index contributed by atoms with van der Waals surface area (Å²) in [4.78, 5) is 12.6. The third-order valence-corrected chi connectivity index (χ3v) is 6.16. The van der Waals surface area contributed by atoms with E-state index in [-0.39, 0.29) is 5.57 Å². The van der Waals surface area contributed by atoms with Gasteiger partial charge < -0.3 is 14.2 Å². The molecule has 1 aromatic heterocycles. The molecule has 0 saturated carbocycles. The summed E-state index contributed by atoms with van der Waals surface area (Å²) in [6.07, 6.45) is 2.20. The van der Waals surface area contributed by atoms with E-state index in [2.05, 4.69) is 31.4 Å². The Bertz CT molecular complexity index is 1250. The maximum Gasteiger partial charge on any atom is 0.268 e. The Morgan fingerprint density at radius 1 is 1.17 bits per heavy atom. The molecule has 1 heterocycles. The van der Waals surface area contributed by atoms with Crippen LogP contribution >= 0.6 is 27.3 Å². The van der Waals surface area contributed by atoms with E-state index >= 15 is 0 Å². The Morgan fingerprint density at radius 2 is 1.97 bits per heavy atom. The number of hydrogen-bond donors (Lipinski definition) is 1. The van der Waals surface area contributed by atoms with Gasteiger partial charge >= 0.3 is 0 Å². The largest absolute Gasteiger partial charge is 0.490 e. The summed E-state index contributed by atoms with van der Waals surface area (Å²) in [5.74, 6) is 1.22. The highest BCUT2D eigenvalue weighted by Gasteiger charge is 2.16. The van der Waals surface area contributed by atoms with Crippen molar-refractivity contribution in [3.05, 3.63) is 62.6 Å². The molecule has 1 N–H and O–H groups in total. The van der Waals surface area contributed by atoms with E-state index in [1.54, 1.807) is 12.1 Å². The molecule has 3 aromatic rings. The van der Waals surface area contributed by atoms with Crippen LogP contribution in [0.25, 0.3) is 6.08 Å². The molecule has 0 unspecified atom stereocenters. The molecule has 0 saturated heterocycles. The molecule has 0 bridgehead atoms. The van der Waals surface area contributed by atoms with E-state index < -0.39 is 5.91 Å².